The van der Waals surface area contributed by atoms with Crippen molar-refractivity contribution in [3.05, 3.63) is 48.2 Å². The molecule has 0 aliphatic rings. The smallest absolute Gasteiger partial charge is 0.262 e. The number of hydrogen-bond acceptors (Lipinski definition) is 4. The molecule has 0 aliphatic heterocycles. The molecule has 0 bridgehead atoms. The fourth-order valence-electron chi connectivity index (χ4n) is 1.74. The van der Waals surface area contributed by atoms with Gasteiger partial charge < -0.3 is 10.1 Å². The zero-order chi connectivity index (χ0) is 15.1. The number of rotatable bonds is 6. The molecule has 4 nitrogen and oxygen atoms in total. The number of aryl methyl sites for hydroxylation is 1. The third-order valence-corrected chi connectivity index (χ3v) is 3.59. The van der Waals surface area contributed by atoms with Crippen molar-refractivity contribution in [2.24, 2.45) is 0 Å². The molecule has 1 aromatic carbocycles. The lowest BCUT2D eigenvalue weighted by molar-refractivity contribution is -0.118. The summed E-state index contributed by atoms with van der Waals surface area (Å²) in [5.41, 5.74) is 1.91. The molecule has 1 N–H and O–H groups in total. The van der Waals surface area contributed by atoms with E-state index in [1.54, 1.807) is 18.0 Å². The van der Waals surface area contributed by atoms with Crippen LogP contribution in [-0.2, 0) is 11.2 Å². The maximum absolute atomic E-state index is 11.8. The van der Waals surface area contributed by atoms with Crippen molar-refractivity contribution < 1.29 is 9.53 Å². The molecular weight excluding hydrogens is 284 g/mol. The van der Waals surface area contributed by atoms with E-state index in [0.717, 1.165) is 11.4 Å². The number of hydrogen-bond donors (Lipinski definition) is 1. The second-order valence-electron chi connectivity index (χ2n) is 4.42. The lowest BCUT2D eigenvalue weighted by Crippen LogP contribution is -2.20. The highest BCUT2D eigenvalue weighted by atomic mass is 32.2. The monoisotopic (exact) mass is 302 g/mol. The average molecular weight is 302 g/mol. The molecule has 0 spiro atoms. The second kappa shape index (κ2) is 7.69. The van der Waals surface area contributed by atoms with E-state index in [4.69, 9.17) is 4.74 Å². The molecule has 0 saturated carbocycles. The topological polar surface area (TPSA) is 51.2 Å². The summed E-state index contributed by atoms with van der Waals surface area (Å²) in [6.45, 7) is 2.08. The van der Waals surface area contributed by atoms with Gasteiger partial charge >= 0.3 is 0 Å². The number of amides is 1. The maximum atomic E-state index is 11.8. The van der Waals surface area contributed by atoms with E-state index < -0.39 is 0 Å². The summed E-state index contributed by atoms with van der Waals surface area (Å²) in [4.78, 5) is 16.0. The number of benzene rings is 1. The number of carbonyl (C=O) groups is 1. The van der Waals surface area contributed by atoms with E-state index >= 15 is 0 Å². The molecule has 21 heavy (non-hydrogen) atoms. The van der Waals surface area contributed by atoms with Crippen molar-refractivity contribution in [1.29, 1.82) is 0 Å². The first kappa shape index (κ1) is 15.4. The van der Waals surface area contributed by atoms with Crippen molar-refractivity contribution in [2.75, 3.05) is 18.2 Å². The van der Waals surface area contributed by atoms with Crippen LogP contribution in [-0.4, -0.2) is 23.8 Å². The number of nitrogens with zero attached hydrogens (tertiary/aromatic N) is 1. The first-order valence-corrected chi connectivity index (χ1v) is 7.95. The minimum Gasteiger partial charge on any atom is -0.484 e. The van der Waals surface area contributed by atoms with Gasteiger partial charge in [0.05, 0.1) is 16.9 Å². The number of carbonyl (C=O) groups excluding carboxylic acids is 1. The predicted molar refractivity (Wildman–Crippen MR) is 86.0 cm³/mol. The Morgan fingerprint density at radius 1 is 1.24 bits per heavy atom. The molecule has 0 fully saturated rings. The molecule has 2 rings (SSSR count). The molecule has 2 aromatic rings. The predicted octanol–water partition coefficient (Wildman–Crippen LogP) is 3.38. The molecule has 110 valence electrons. The SMILES string of the molecule is CCc1ccc(OCC(=O)Nc2ccc(SC)nc2)cc1. The van der Waals surface area contributed by atoms with Crippen LogP contribution >= 0.6 is 11.8 Å². The number of pyridine rings is 1. The Morgan fingerprint density at radius 2 is 2.00 bits per heavy atom. The van der Waals surface area contributed by atoms with Crippen LogP contribution in [0.2, 0.25) is 0 Å². The molecule has 0 atom stereocenters. The Bertz CT molecular complexity index is 582. The summed E-state index contributed by atoms with van der Waals surface area (Å²) in [5, 5.41) is 3.67. The van der Waals surface area contributed by atoms with E-state index in [1.165, 1.54) is 5.56 Å². The third kappa shape index (κ3) is 4.79. The van der Waals surface area contributed by atoms with Crippen molar-refractivity contribution in [3.63, 3.8) is 0 Å². The normalized spacial score (nSPS) is 10.2. The van der Waals surface area contributed by atoms with Crippen LogP contribution in [0.25, 0.3) is 0 Å². The summed E-state index contributed by atoms with van der Waals surface area (Å²) < 4.78 is 5.45. The first-order chi connectivity index (χ1) is 10.2. The van der Waals surface area contributed by atoms with Crippen molar-refractivity contribution in [3.8, 4) is 5.75 Å². The summed E-state index contributed by atoms with van der Waals surface area (Å²) in [6, 6.07) is 11.4. The van der Waals surface area contributed by atoms with E-state index in [1.807, 2.05) is 42.7 Å². The third-order valence-electron chi connectivity index (χ3n) is 2.93. The minimum atomic E-state index is -0.201. The largest absolute Gasteiger partial charge is 0.484 e. The molecule has 1 amide bonds. The van der Waals surface area contributed by atoms with Gasteiger partial charge in [0.2, 0.25) is 0 Å². The van der Waals surface area contributed by atoms with Crippen LogP contribution in [0.5, 0.6) is 5.75 Å². The van der Waals surface area contributed by atoms with Gasteiger partial charge in [-0.3, -0.25) is 4.79 Å². The van der Waals surface area contributed by atoms with Gasteiger partial charge in [0.15, 0.2) is 6.61 Å². The van der Waals surface area contributed by atoms with Crippen molar-refractivity contribution >= 4 is 23.4 Å². The molecule has 1 heterocycles. The van der Waals surface area contributed by atoms with Crippen LogP contribution in [0, 0.1) is 0 Å². The van der Waals surface area contributed by atoms with Gasteiger partial charge in [-0.2, -0.15) is 0 Å². The Balaban J connectivity index is 1.83. The fourth-order valence-corrected chi connectivity index (χ4v) is 2.10. The van der Waals surface area contributed by atoms with Crippen LogP contribution in [0.4, 0.5) is 5.69 Å². The van der Waals surface area contributed by atoms with Gasteiger partial charge in [-0.15, -0.1) is 11.8 Å². The van der Waals surface area contributed by atoms with Crippen LogP contribution in [0.1, 0.15) is 12.5 Å². The second-order valence-corrected chi connectivity index (χ2v) is 5.25. The van der Waals surface area contributed by atoms with Gasteiger partial charge in [-0.1, -0.05) is 19.1 Å². The van der Waals surface area contributed by atoms with E-state index in [-0.39, 0.29) is 12.5 Å². The lowest BCUT2D eigenvalue weighted by atomic mass is 10.2. The summed E-state index contributed by atoms with van der Waals surface area (Å²) in [6.07, 6.45) is 4.58. The molecular formula is C16H18N2O2S. The minimum absolute atomic E-state index is 0.0181. The Morgan fingerprint density at radius 3 is 2.57 bits per heavy atom. The molecule has 0 aliphatic carbocycles. The highest BCUT2D eigenvalue weighted by molar-refractivity contribution is 7.98. The molecule has 0 saturated heterocycles. The standard InChI is InChI=1S/C16H18N2O2S/c1-3-12-4-7-14(8-5-12)20-11-15(19)18-13-6-9-16(21-2)17-10-13/h4-10H,3,11H2,1-2H3,(H,18,19). The number of anilines is 1. The zero-order valence-electron chi connectivity index (χ0n) is 12.1. The van der Waals surface area contributed by atoms with Crippen molar-refractivity contribution in [2.45, 2.75) is 18.4 Å². The summed E-state index contributed by atoms with van der Waals surface area (Å²) >= 11 is 1.56. The Hall–Kier alpha value is -2.01. The number of thioether (sulfide) groups is 1. The van der Waals surface area contributed by atoms with Gasteiger partial charge in [0.1, 0.15) is 5.75 Å². The lowest BCUT2D eigenvalue weighted by Gasteiger charge is -2.08. The number of ether oxygens (including phenoxy) is 1. The zero-order valence-corrected chi connectivity index (χ0v) is 12.9. The Labute approximate surface area is 128 Å². The van der Waals surface area contributed by atoms with Crippen molar-refractivity contribution in [1.82, 2.24) is 4.98 Å². The summed E-state index contributed by atoms with van der Waals surface area (Å²) in [7, 11) is 0. The van der Waals surface area contributed by atoms with Crippen LogP contribution in [0.3, 0.4) is 0 Å². The van der Waals surface area contributed by atoms with Crippen LogP contribution in [0.15, 0.2) is 47.6 Å². The van der Waals surface area contributed by atoms with Gasteiger partial charge in [-0.25, -0.2) is 4.98 Å². The van der Waals surface area contributed by atoms with Gasteiger partial charge in [0, 0.05) is 0 Å². The molecule has 0 unspecified atom stereocenters. The van der Waals surface area contributed by atoms with E-state index in [9.17, 15) is 4.79 Å². The highest BCUT2D eigenvalue weighted by Crippen LogP contribution is 2.14. The average Bonchev–Trinajstić information content (AvgIpc) is 2.54. The van der Waals surface area contributed by atoms with Gasteiger partial charge in [-0.05, 0) is 42.5 Å². The highest BCUT2D eigenvalue weighted by Gasteiger charge is 2.04. The first-order valence-electron chi connectivity index (χ1n) is 6.73. The quantitative estimate of drug-likeness (QED) is 0.831. The molecule has 1 aromatic heterocycles. The summed E-state index contributed by atoms with van der Waals surface area (Å²) in [5.74, 6) is 0.492. The van der Waals surface area contributed by atoms with Crippen LogP contribution < -0.4 is 10.1 Å². The van der Waals surface area contributed by atoms with E-state index in [0.29, 0.717) is 11.4 Å². The molecule has 0 radical (unpaired) electrons. The van der Waals surface area contributed by atoms with E-state index in [2.05, 4.69) is 17.2 Å². The number of aromatic nitrogens is 1. The Kier molecular flexibility index (Phi) is 5.63. The molecule has 5 heteroatoms. The van der Waals surface area contributed by atoms with Gasteiger partial charge in [0.25, 0.3) is 5.91 Å². The fraction of sp³-hybridized carbons (Fsp3) is 0.250. The number of nitrogens with one attached hydrogen (secondary N) is 1. The maximum Gasteiger partial charge on any atom is 0.262 e.